The summed E-state index contributed by atoms with van der Waals surface area (Å²) in [4.78, 5) is 5.31. The Morgan fingerprint density at radius 1 is 1.52 bits per heavy atom. The highest BCUT2D eigenvalue weighted by Crippen LogP contribution is 2.34. The van der Waals surface area contributed by atoms with Crippen LogP contribution in [0.3, 0.4) is 0 Å². The number of hydrogen-bond donors (Lipinski definition) is 1. The number of hydrogen-bond acceptors (Lipinski definition) is 5. The van der Waals surface area contributed by atoms with E-state index in [0.29, 0.717) is 29.4 Å². The molecular weight excluding hydrogens is 327 g/mol. The van der Waals surface area contributed by atoms with E-state index in [2.05, 4.69) is 9.88 Å². The molecule has 4 nitrogen and oxygen atoms in total. The van der Waals surface area contributed by atoms with Crippen LogP contribution in [-0.2, 0) is 17.5 Å². The number of nitrogens with zero attached hydrogens (tertiary/aromatic N) is 2. The molecule has 2 rings (SSSR count). The number of ether oxygens (including phenoxy) is 1. The maximum atomic E-state index is 12.5. The molecule has 1 saturated heterocycles. The molecule has 9 heteroatoms. The largest absolute Gasteiger partial charge is 0.427 e. The number of piperidine rings is 1. The van der Waals surface area contributed by atoms with Crippen LogP contribution in [0.2, 0.25) is 0 Å². The lowest BCUT2D eigenvalue weighted by Gasteiger charge is -2.37. The lowest BCUT2D eigenvalue weighted by molar-refractivity contribution is -0.134. The molecule has 0 radical (unpaired) electrons. The second kappa shape index (κ2) is 7.73. The van der Waals surface area contributed by atoms with E-state index >= 15 is 0 Å². The van der Waals surface area contributed by atoms with E-state index in [1.165, 1.54) is 0 Å². The predicted molar refractivity (Wildman–Crippen MR) is 77.6 cm³/mol. The molecule has 0 amide bonds. The first-order valence-electron chi connectivity index (χ1n) is 6.43. The summed E-state index contributed by atoms with van der Waals surface area (Å²) in [5, 5.41) is 0.478. The molecule has 0 bridgehead atoms. The summed E-state index contributed by atoms with van der Waals surface area (Å²) in [5.74, 6) is 0. The summed E-state index contributed by atoms with van der Waals surface area (Å²) >= 11 is 0.703. The SMILES string of the molecule is COC1CCN(Cc2ncc(C(F)(F)F)s2)C(CN)C1.Cl. The maximum Gasteiger partial charge on any atom is 0.427 e. The Morgan fingerprint density at radius 2 is 2.24 bits per heavy atom. The highest BCUT2D eigenvalue weighted by molar-refractivity contribution is 7.11. The molecule has 0 spiro atoms. The number of nitrogens with two attached hydrogens (primary N) is 1. The van der Waals surface area contributed by atoms with Crippen LogP contribution in [0, 0.1) is 0 Å². The molecule has 2 heterocycles. The number of methoxy groups -OCH3 is 1. The van der Waals surface area contributed by atoms with Gasteiger partial charge in [-0.3, -0.25) is 4.90 Å². The van der Waals surface area contributed by atoms with Crippen LogP contribution in [-0.4, -0.2) is 42.2 Å². The quantitative estimate of drug-likeness (QED) is 0.911. The van der Waals surface area contributed by atoms with Crippen molar-refractivity contribution < 1.29 is 17.9 Å². The molecule has 2 N–H and O–H groups in total. The summed E-state index contributed by atoms with van der Waals surface area (Å²) in [6.45, 7) is 1.65. The topological polar surface area (TPSA) is 51.4 Å². The smallest absolute Gasteiger partial charge is 0.381 e. The van der Waals surface area contributed by atoms with Crippen LogP contribution in [0.15, 0.2) is 6.20 Å². The normalized spacial score (nSPS) is 23.9. The third-order valence-corrected chi connectivity index (χ3v) is 4.59. The zero-order valence-corrected chi connectivity index (χ0v) is 13.2. The molecule has 0 aromatic carbocycles. The first kappa shape index (κ1) is 18.6. The average Bonchev–Trinajstić information content (AvgIpc) is 2.87. The lowest BCUT2D eigenvalue weighted by Crippen LogP contribution is -2.47. The van der Waals surface area contributed by atoms with Gasteiger partial charge < -0.3 is 10.5 Å². The van der Waals surface area contributed by atoms with Gasteiger partial charge in [0, 0.05) is 26.2 Å². The molecule has 122 valence electrons. The summed E-state index contributed by atoms with van der Waals surface area (Å²) in [5.41, 5.74) is 5.74. The Kier molecular flexibility index (Phi) is 6.86. The van der Waals surface area contributed by atoms with E-state index in [-0.39, 0.29) is 24.6 Å². The molecule has 21 heavy (non-hydrogen) atoms. The van der Waals surface area contributed by atoms with Crippen LogP contribution in [0.4, 0.5) is 13.2 Å². The maximum absolute atomic E-state index is 12.5. The molecule has 1 aliphatic rings. The Hall–Kier alpha value is -0.410. The predicted octanol–water partition coefficient (Wildman–Crippen LogP) is 2.52. The van der Waals surface area contributed by atoms with Crippen molar-refractivity contribution in [1.82, 2.24) is 9.88 Å². The number of aromatic nitrogens is 1. The fraction of sp³-hybridized carbons (Fsp3) is 0.750. The molecule has 2 unspecified atom stereocenters. The van der Waals surface area contributed by atoms with E-state index in [1.54, 1.807) is 7.11 Å². The highest BCUT2D eigenvalue weighted by Gasteiger charge is 2.34. The number of thiazole rings is 1. The third kappa shape index (κ3) is 4.79. The van der Waals surface area contributed by atoms with E-state index in [0.717, 1.165) is 25.6 Å². The van der Waals surface area contributed by atoms with Crippen molar-refractivity contribution in [3.8, 4) is 0 Å². The molecule has 1 aromatic heterocycles. The van der Waals surface area contributed by atoms with Crippen molar-refractivity contribution >= 4 is 23.7 Å². The zero-order chi connectivity index (χ0) is 14.8. The van der Waals surface area contributed by atoms with Gasteiger partial charge in [0.25, 0.3) is 0 Å². The van der Waals surface area contributed by atoms with Crippen LogP contribution in [0.1, 0.15) is 22.7 Å². The van der Waals surface area contributed by atoms with Gasteiger partial charge in [0.15, 0.2) is 0 Å². The van der Waals surface area contributed by atoms with Crippen LogP contribution in [0.25, 0.3) is 0 Å². The van der Waals surface area contributed by atoms with Crippen molar-refractivity contribution in [1.29, 1.82) is 0 Å². The van der Waals surface area contributed by atoms with Crippen molar-refractivity contribution in [3.05, 3.63) is 16.1 Å². The molecule has 1 fully saturated rings. The molecule has 0 aliphatic carbocycles. The fourth-order valence-electron chi connectivity index (χ4n) is 2.42. The Balaban J connectivity index is 0.00000220. The number of alkyl halides is 3. The van der Waals surface area contributed by atoms with Gasteiger partial charge in [-0.2, -0.15) is 13.2 Å². The Labute approximate surface area is 131 Å². The summed E-state index contributed by atoms with van der Waals surface area (Å²) in [6, 6.07) is 0.131. The second-order valence-electron chi connectivity index (χ2n) is 4.86. The van der Waals surface area contributed by atoms with Gasteiger partial charge in [0.1, 0.15) is 9.88 Å². The summed E-state index contributed by atoms with van der Waals surface area (Å²) in [7, 11) is 1.67. The van der Waals surface area contributed by atoms with E-state index in [9.17, 15) is 13.2 Å². The lowest BCUT2D eigenvalue weighted by atomic mass is 9.99. The minimum absolute atomic E-state index is 0. The molecule has 1 aliphatic heterocycles. The van der Waals surface area contributed by atoms with Gasteiger partial charge in [0.2, 0.25) is 0 Å². The molecule has 0 saturated carbocycles. The van der Waals surface area contributed by atoms with Crippen molar-refractivity contribution in [2.24, 2.45) is 5.73 Å². The van der Waals surface area contributed by atoms with Crippen molar-refractivity contribution in [2.45, 2.75) is 37.7 Å². The van der Waals surface area contributed by atoms with Gasteiger partial charge in [-0.1, -0.05) is 0 Å². The summed E-state index contributed by atoms with van der Waals surface area (Å²) in [6.07, 6.45) is -1.55. The Morgan fingerprint density at radius 3 is 2.76 bits per heavy atom. The van der Waals surface area contributed by atoms with Crippen LogP contribution >= 0.6 is 23.7 Å². The van der Waals surface area contributed by atoms with Crippen molar-refractivity contribution in [2.75, 3.05) is 20.2 Å². The van der Waals surface area contributed by atoms with Gasteiger partial charge in [-0.05, 0) is 12.8 Å². The number of rotatable bonds is 4. The monoisotopic (exact) mass is 345 g/mol. The van der Waals surface area contributed by atoms with Crippen LogP contribution < -0.4 is 5.73 Å². The number of halogens is 4. The van der Waals surface area contributed by atoms with Gasteiger partial charge in [0.05, 0.1) is 18.8 Å². The first-order chi connectivity index (χ1) is 9.44. The highest BCUT2D eigenvalue weighted by atomic mass is 35.5. The second-order valence-corrected chi connectivity index (χ2v) is 5.97. The van der Waals surface area contributed by atoms with Gasteiger partial charge in [-0.15, -0.1) is 23.7 Å². The van der Waals surface area contributed by atoms with Crippen molar-refractivity contribution in [3.63, 3.8) is 0 Å². The minimum Gasteiger partial charge on any atom is -0.381 e. The van der Waals surface area contributed by atoms with E-state index in [1.807, 2.05) is 0 Å². The minimum atomic E-state index is -4.31. The molecule has 2 atom stereocenters. The fourth-order valence-corrected chi connectivity index (χ4v) is 3.23. The Bertz CT molecular complexity index is 444. The number of likely N-dealkylation sites (tertiary alicyclic amines) is 1. The van der Waals surface area contributed by atoms with Gasteiger partial charge in [-0.25, -0.2) is 4.98 Å². The van der Waals surface area contributed by atoms with Crippen LogP contribution in [0.5, 0.6) is 0 Å². The molecule has 1 aromatic rings. The van der Waals surface area contributed by atoms with Gasteiger partial charge >= 0.3 is 6.18 Å². The zero-order valence-electron chi connectivity index (χ0n) is 11.6. The summed E-state index contributed by atoms with van der Waals surface area (Å²) < 4.78 is 42.9. The standard InChI is InChI=1S/C12H18F3N3OS.ClH/c1-19-9-2-3-18(8(4-9)5-16)7-11-17-6-10(20-11)12(13,14)15;/h6,8-9H,2-5,7,16H2,1H3;1H. The third-order valence-electron chi connectivity index (χ3n) is 3.57. The van der Waals surface area contributed by atoms with E-state index in [4.69, 9.17) is 10.5 Å². The van der Waals surface area contributed by atoms with E-state index < -0.39 is 11.1 Å². The first-order valence-corrected chi connectivity index (χ1v) is 7.24. The average molecular weight is 346 g/mol. The molecular formula is C12H19ClF3N3OS.